The highest BCUT2D eigenvalue weighted by Crippen LogP contribution is 2.19. The minimum atomic E-state index is -0.997. The van der Waals surface area contributed by atoms with Crippen molar-refractivity contribution in [2.24, 2.45) is 0 Å². The Bertz CT molecular complexity index is 702. The van der Waals surface area contributed by atoms with Crippen LogP contribution in [0.5, 0.6) is 0 Å². The van der Waals surface area contributed by atoms with E-state index in [2.05, 4.69) is 10.3 Å². The molecule has 0 aliphatic heterocycles. The van der Waals surface area contributed by atoms with Gasteiger partial charge in [0.1, 0.15) is 4.88 Å². The van der Waals surface area contributed by atoms with Crippen LogP contribution in [0, 0.1) is 13.8 Å². The van der Waals surface area contributed by atoms with Gasteiger partial charge in [0.2, 0.25) is 0 Å². The molecule has 2 aromatic rings. The molecule has 0 saturated carbocycles. The van der Waals surface area contributed by atoms with Gasteiger partial charge in [0, 0.05) is 11.8 Å². The highest BCUT2D eigenvalue weighted by molar-refractivity contribution is 7.13. The van der Waals surface area contributed by atoms with Crippen molar-refractivity contribution in [2.75, 3.05) is 5.32 Å². The summed E-state index contributed by atoms with van der Waals surface area (Å²) in [5.41, 5.74) is 2.12. The van der Waals surface area contributed by atoms with Gasteiger partial charge in [-0.1, -0.05) is 12.1 Å². The molecule has 1 aromatic carbocycles. The van der Waals surface area contributed by atoms with Gasteiger partial charge < -0.3 is 10.4 Å². The van der Waals surface area contributed by atoms with Crippen LogP contribution < -0.4 is 5.32 Å². The van der Waals surface area contributed by atoms with E-state index in [-0.39, 0.29) is 5.91 Å². The lowest BCUT2D eigenvalue weighted by atomic mass is 10.2. The van der Waals surface area contributed by atoms with Crippen LogP contribution in [0.25, 0.3) is 6.08 Å². The van der Waals surface area contributed by atoms with Crippen LogP contribution in [-0.2, 0) is 4.79 Å². The molecular formula is C15H14N2O3S. The van der Waals surface area contributed by atoms with Gasteiger partial charge in [-0.3, -0.25) is 4.79 Å². The smallest absolute Gasteiger partial charge is 0.328 e. The molecule has 21 heavy (non-hydrogen) atoms. The maximum atomic E-state index is 12.1. The predicted molar refractivity (Wildman–Crippen MR) is 82.7 cm³/mol. The van der Waals surface area contributed by atoms with Gasteiger partial charge in [-0.05, 0) is 37.6 Å². The zero-order valence-electron chi connectivity index (χ0n) is 11.6. The molecule has 1 heterocycles. The molecule has 2 N–H and O–H groups in total. The van der Waals surface area contributed by atoms with Gasteiger partial charge >= 0.3 is 5.97 Å². The molecule has 0 fully saturated rings. The summed E-state index contributed by atoms with van der Waals surface area (Å²) < 4.78 is 0. The van der Waals surface area contributed by atoms with Crippen LogP contribution in [-0.4, -0.2) is 22.0 Å². The van der Waals surface area contributed by atoms with Crippen LogP contribution in [0.15, 0.2) is 30.3 Å². The first-order valence-electron chi connectivity index (χ1n) is 6.22. The molecule has 0 aliphatic rings. The molecule has 0 radical (unpaired) electrons. The fourth-order valence-corrected chi connectivity index (χ4v) is 2.59. The SMILES string of the molecule is Cc1nc(C)c(C(=O)Nc2ccc(/C=C/C(=O)O)cc2)s1. The number of carbonyl (C=O) groups excluding carboxylic acids is 1. The maximum absolute atomic E-state index is 12.1. The first-order chi connectivity index (χ1) is 9.95. The minimum absolute atomic E-state index is 0.188. The largest absolute Gasteiger partial charge is 0.478 e. The third kappa shape index (κ3) is 4.00. The molecule has 1 aromatic heterocycles. The number of thiazole rings is 1. The second-order valence-corrected chi connectivity index (χ2v) is 5.60. The van der Waals surface area contributed by atoms with E-state index in [0.29, 0.717) is 10.6 Å². The number of carbonyl (C=O) groups is 2. The van der Waals surface area contributed by atoms with Gasteiger partial charge in [0.25, 0.3) is 5.91 Å². The Balaban J connectivity index is 2.08. The van der Waals surface area contributed by atoms with E-state index < -0.39 is 5.97 Å². The number of aromatic nitrogens is 1. The first kappa shape index (κ1) is 14.9. The zero-order chi connectivity index (χ0) is 15.4. The molecule has 108 valence electrons. The van der Waals surface area contributed by atoms with Gasteiger partial charge in [-0.2, -0.15) is 0 Å². The topological polar surface area (TPSA) is 79.3 Å². The fraction of sp³-hybridized carbons (Fsp3) is 0.133. The number of carboxylic acids is 1. The van der Waals surface area contributed by atoms with Crippen molar-refractivity contribution in [1.29, 1.82) is 0 Å². The van der Waals surface area contributed by atoms with E-state index in [1.807, 2.05) is 6.92 Å². The number of nitrogens with one attached hydrogen (secondary N) is 1. The van der Waals surface area contributed by atoms with Gasteiger partial charge in [-0.15, -0.1) is 11.3 Å². The average Bonchev–Trinajstić information content (AvgIpc) is 2.77. The summed E-state index contributed by atoms with van der Waals surface area (Å²) in [5, 5.41) is 12.2. The number of rotatable bonds is 4. The molecule has 0 saturated heterocycles. The highest BCUT2D eigenvalue weighted by atomic mass is 32.1. The van der Waals surface area contributed by atoms with Crippen molar-refractivity contribution in [1.82, 2.24) is 4.98 Å². The van der Waals surface area contributed by atoms with Crippen molar-refractivity contribution in [3.63, 3.8) is 0 Å². The Labute approximate surface area is 126 Å². The van der Waals surface area contributed by atoms with E-state index in [1.54, 1.807) is 31.2 Å². The Morgan fingerprint density at radius 3 is 2.43 bits per heavy atom. The molecule has 2 rings (SSSR count). The van der Waals surface area contributed by atoms with Crippen molar-refractivity contribution >= 4 is 35.0 Å². The Hall–Kier alpha value is -2.47. The molecule has 0 spiro atoms. The lowest BCUT2D eigenvalue weighted by Crippen LogP contribution is -2.11. The number of carboxylic acid groups (broad SMARTS) is 1. The molecule has 1 amide bonds. The van der Waals surface area contributed by atoms with Gasteiger partial charge in [-0.25, -0.2) is 9.78 Å². The van der Waals surface area contributed by atoms with E-state index in [9.17, 15) is 9.59 Å². The number of hydrogen-bond donors (Lipinski definition) is 2. The monoisotopic (exact) mass is 302 g/mol. The summed E-state index contributed by atoms with van der Waals surface area (Å²) >= 11 is 1.36. The number of nitrogens with zero attached hydrogens (tertiary/aromatic N) is 1. The number of hydrogen-bond acceptors (Lipinski definition) is 4. The van der Waals surface area contributed by atoms with Crippen molar-refractivity contribution in [3.05, 3.63) is 51.5 Å². The molecule has 6 heteroatoms. The Morgan fingerprint density at radius 2 is 1.90 bits per heavy atom. The van der Waals surface area contributed by atoms with Gasteiger partial charge in [0.05, 0.1) is 10.7 Å². The highest BCUT2D eigenvalue weighted by Gasteiger charge is 2.13. The molecule has 0 unspecified atom stereocenters. The minimum Gasteiger partial charge on any atom is -0.478 e. The Kier molecular flexibility index (Phi) is 4.49. The molecule has 0 bridgehead atoms. The average molecular weight is 302 g/mol. The maximum Gasteiger partial charge on any atom is 0.328 e. The van der Waals surface area contributed by atoms with Crippen LogP contribution in [0.1, 0.15) is 25.9 Å². The Morgan fingerprint density at radius 1 is 1.24 bits per heavy atom. The number of benzene rings is 1. The lowest BCUT2D eigenvalue weighted by molar-refractivity contribution is -0.131. The molecular weight excluding hydrogens is 288 g/mol. The number of amides is 1. The van der Waals surface area contributed by atoms with Crippen molar-refractivity contribution in [3.8, 4) is 0 Å². The lowest BCUT2D eigenvalue weighted by Gasteiger charge is -2.04. The van der Waals surface area contributed by atoms with Gasteiger partial charge in [0.15, 0.2) is 0 Å². The molecule has 0 atom stereocenters. The van der Waals surface area contributed by atoms with Crippen LogP contribution in [0.3, 0.4) is 0 Å². The quantitative estimate of drug-likeness (QED) is 0.850. The third-order valence-corrected chi connectivity index (χ3v) is 3.77. The standard InChI is InChI=1S/C15H14N2O3S/c1-9-14(21-10(2)16-9)15(20)17-12-6-3-11(4-7-12)5-8-13(18)19/h3-8H,1-2H3,(H,17,20)(H,18,19)/b8-5+. The van der Waals surface area contributed by atoms with Crippen LogP contribution in [0.2, 0.25) is 0 Å². The number of aliphatic carboxylic acids is 1. The summed E-state index contributed by atoms with van der Waals surface area (Å²) in [6.07, 6.45) is 2.56. The number of anilines is 1. The van der Waals surface area contributed by atoms with Crippen molar-refractivity contribution < 1.29 is 14.7 Å². The normalized spacial score (nSPS) is 10.8. The summed E-state index contributed by atoms with van der Waals surface area (Å²) in [6, 6.07) is 6.92. The second kappa shape index (κ2) is 6.32. The summed E-state index contributed by atoms with van der Waals surface area (Å²) in [4.78, 5) is 27.4. The van der Waals surface area contributed by atoms with E-state index in [1.165, 1.54) is 17.4 Å². The van der Waals surface area contributed by atoms with E-state index in [4.69, 9.17) is 5.11 Å². The zero-order valence-corrected chi connectivity index (χ0v) is 12.4. The second-order valence-electron chi connectivity index (χ2n) is 4.40. The third-order valence-electron chi connectivity index (χ3n) is 2.70. The van der Waals surface area contributed by atoms with E-state index >= 15 is 0 Å². The fourth-order valence-electron chi connectivity index (χ4n) is 1.77. The summed E-state index contributed by atoms with van der Waals surface area (Å²) in [7, 11) is 0. The van der Waals surface area contributed by atoms with E-state index in [0.717, 1.165) is 22.3 Å². The molecule has 5 nitrogen and oxygen atoms in total. The van der Waals surface area contributed by atoms with Crippen LogP contribution >= 0.6 is 11.3 Å². The van der Waals surface area contributed by atoms with Crippen LogP contribution in [0.4, 0.5) is 5.69 Å². The summed E-state index contributed by atoms with van der Waals surface area (Å²) in [6.45, 7) is 3.66. The summed E-state index contributed by atoms with van der Waals surface area (Å²) in [5.74, 6) is -1.18. The molecule has 0 aliphatic carbocycles. The van der Waals surface area contributed by atoms with Crippen molar-refractivity contribution in [2.45, 2.75) is 13.8 Å². The number of aryl methyl sites for hydroxylation is 2. The predicted octanol–water partition coefficient (Wildman–Crippen LogP) is 3.11. The first-order valence-corrected chi connectivity index (χ1v) is 7.04.